The second kappa shape index (κ2) is 10.0. The first-order valence-electron chi connectivity index (χ1n) is 12.4. The van der Waals surface area contributed by atoms with Crippen LogP contribution in [0.25, 0.3) is 0 Å². The summed E-state index contributed by atoms with van der Waals surface area (Å²) >= 11 is 0. The maximum Gasteiger partial charge on any atom is 0.416 e. The molecular formula is C25H30F5N5O4. The Kier molecular flexibility index (Phi) is 7.40. The number of nitrogens with zero attached hydrogens (tertiary/aromatic N) is 4. The van der Waals surface area contributed by atoms with Crippen LogP contribution in [0.15, 0.2) is 18.2 Å². The lowest BCUT2D eigenvalue weighted by atomic mass is 9.85. The predicted molar refractivity (Wildman–Crippen MR) is 128 cm³/mol. The van der Waals surface area contributed by atoms with Crippen LogP contribution in [-0.4, -0.2) is 66.4 Å². The number of aromatic nitrogens is 2. The summed E-state index contributed by atoms with van der Waals surface area (Å²) in [6, 6.07) is -0.385. The number of carbonyl (C=O) groups is 2. The lowest BCUT2D eigenvalue weighted by Gasteiger charge is -2.51. The molecule has 0 spiro atoms. The molecule has 3 N–H and O–H groups in total. The number of alkyl halides is 3. The van der Waals surface area contributed by atoms with Gasteiger partial charge in [0.1, 0.15) is 17.7 Å². The number of carboxylic acid groups (broad SMARTS) is 1. The Morgan fingerprint density at radius 2 is 1.87 bits per heavy atom. The topological polar surface area (TPSA) is 114 Å². The molecule has 2 amide bonds. The molecule has 1 saturated heterocycles. The molecule has 0 unspecified atom stereocenters. The highest BCUT2D eigenvalue weighted by Crippen LogP contribution is 2.46. The lowest BCUT2D eigenvalue weighted by molar-refractivity contribution is -0.277. The molecule has 2 aliphatic heterocycles. The summed E-state index contributed by atoms with van der Waals surface area (Å²) in [7, 11) is 0. The van der Waals surface area contributed by atoms with E-state index in [1.807, 2.05) is 0 Å². The highest BCUT2D eigenvalue weighted by molar-refractivity contribution is 5.89. The Labute approximate surface area is 221 Å². The van der Waals surface area contributed by atoms with E-state index in [2.05, 4.69) is 4.98 Å². The van der Waals surface area contributed by atoms with Crippen molar-refractivity contribution < 1.29 is 41.4 Å². The van der Waals surface area contributed by atoms with Crippen molar-refractivity contribution >= 4 is 12.0 Å². The minimum Gasteiger partial charge on any atom is -0.465 e. The minimum atomic E-state index is -4.92. The van der Waals surface area contributed by atoms with Crippen LogP contribution in [0.3, 0.4) is 0 Å². The van der Waals surface area contributed by atoms with E-state index in [4.69, 9.17) is 10.5 Å². The predicted octanol–water partition coefficient (Wildman–Crippen LogP) is 4.20. The lowest BCUT2D eigenvalue weighted by Crippen LogP contribution is -2.63. The largest absolute Gasteiger partial charge is 0.465 e. The fourth-order valence-corrected chi connectivity index (χ4v) is 5.69. The van der Waals surface area contributed by atoms with Crippen molar-refractivity contribution in [3.05, 3.63) is 52.6 Å². The van der Waals surface area contributed by atoms with Gasteiger partial charge in [0.2, 0.25) is 0 Å². The maximum absolute atomic E-state index is 14.9. The van der Waals surface area contributed by atoms with E-state index < -0.39 is 71.6 Å². The molecule has 39 heavy (non-hydrogen) atoms. The van der Waals surface area contributed by atoms with Gasteiger partial charge < -0.3 is 20.1 Å². The van der Waals surface area contributed by atoms with E-state index >= 15 is 0 Å². The summed E-state index contributed by atoms with van der Waals surface area (Å²) in [5.74, 6) is -2.69. The van der Waals surface area contributed by atoms with Crippen LogP contribution < -0.4 is 5.73 Å². The Balaban J connectivity index is 1.80. The van der Waals surface area contributed by atoms with Gasteiger partial charge in [-0.15, -0.1) is 0 Å². The smallest absolute Gasteiger partial charge is 0.416 e. The molecule has 0 bridgehead atoms. The van der Waals surface area contributed by atoms with Crippen LogP contribution in [-0.2, 0) is 24.4 Å². The number of amides is 2. The van der Waals surface area contributed by atoms with Crippen LogP contribution in [0.1, 0.15) is 67.8 Å². The molecule has 2 aliphatic rings. The minimum absolute atomic E-state index is 0.00118. The fraction of sp³-hybridized carbons (Fsp3) is 0.560. The van der Waals surface area contributed by atoms with Gasteiger partial charge in [-0.25, -0.2) is 18.6 Å². The number of rotatable bonds is 5. The standard InChI is InChI=1S/C25H30F5N5O4/c1-5-34-18-11-33(10-15(18)32-22(34)21(31)36)17-9-16(35(23(37)38)24(2,3)4)19(39-20(17)25(28,29)30)13-8-12(26)6-7-14(13)27/h6-8,16-17,19-20H,5,9-11H2,1-4H3,(H2,31,36)(H,37,38)/t16-,17+,19+,20-/m0/s1. The van der Waals surface area contributed by atoms with Gasteiger partial charge in [0, 0.05) is 36.8 Å². The van der Waals surface area contributed by atoms with Gasteiger partial charge in [0.05, 0.1) is 17.4 Å². The summed E-state index contributed by atoms with van der Waals surface area (Å²) in [6.07, 6.45) is -11.0. The number of ether oxygens (including phenoxy) is 1. The zero-order valence-corrected chi connectivity index (χ0v) is 21.8. The fourth-order valence-electron chi connectivity index (χ4n) is 5.69. The molecule has 14 heteroatoms. The average Bonchev–Trinajstić information content (AvgIpc) is 3.36. The summed E-state index contributed by atoms with van der Waals surface area (Å²) in [4.78, 5) is 30.8. The molecule has 1 aromatic heterocycles. The van der Waals surface area contributed by atoms with Crippen molar-refractivity contribution in [2.75, 3.05) is 0 Å². The van der Waals surface area contributed by atoms with Gasteiger partial charge in [0.15, 0.2) is 11.9 Å². The number of halogens is 5. The van der Waals surface area contributed by atoms with E-state index in [1.165, 1.54) is 9.47 Å². The summed E-state index contributed by atoms with van der Waals surface area (Å²) in [5.41, 5.74) is 4.68. The van der Waals surface area contributed by atoms with Crippen molar-refractivity contribution in [3.63, 3.8) is 0 Å². The highest BCUT2D eigenvalue weighted by Gasteiger charge is 2.57. The average molecular weight is 560 g/mol. The first-order valence-corrected chi connectivity index (χ1v) is 12.4. The van der Waals surface area contributed by atoms with Gasteiger partial charge >= 0.3 is 12.3 Å². The van der Waals surface area contributed by atoms with Crippen LogP contribution in [0, 0.1) is 11.6 Å². The van der Waals surface area contributed by atoms with E-state index in [0.717, 1.165) is 23.1 Å². The summed E-state index contributed by atoms with van der Waals surface area (Å²) in [5, 5.41) is 10.1. The molecule has 1 fully saturated rings. The van der Waals surface area contributed by atoms with Crippen molar-refractivity contribution in [2.45, 2.75) is 89.8 Å². The zero-order chi connectivity index (χ0) is 29.0. The van der Waals surface area contributed by atoms with Gasteiger partial charge in [-0.2, -0.15) is 13.2 Å². The Hall–Kier alpha value is -3.26. The van der Waals surface area contributed by atoms with Crippen LogP contribution in [0.2, 0.25) is 0 Å². The number of hydrogen-bond donors (Lipinski definition) is 2. The number of nitrogens with two attached hydrogens (primary N) is 1. The highest BCUT2D eigenvalue weighted by atomic mass is 19.4. The SMILES string of the molecule is CCn1c(C(N)=O)nc2c1CN([C@@H]1C[C@H](N(C(=O)O)C(C)(C)C)[C@@H](c3cc(F)ccc3F)O[C@@H]1C(F)(F)F)C2. The normalized spacial score (nSPS) is 24.0. The van der Waals surface area contributed by atoms with E-state index in [1.54, 1.807) is 27.7 Å². The third-order valence-electron chi connectivity index (χ3n) is 7.19. The monoisotopic (exact) mass is 559 g/mol. The third-order valence-corrected chi connectivity index (χ3v) is 7.19. The molecule has 2 aromatic rings. The Morgan fingerprint density at radius 1 is 1.21 bits per heavy atom. The quantitative estimate of drug-likeness (QED) is 0.531. The maximum atomic E-state index is 14.9. The first kappa shape index (κ1) is 28.7. The number of benzene rings is 1. The van der Waals surface area contributed by atoms with E-state index in [0.29, 0.717) is 17.9 Å². The number of primary amides is 1. The summed E-state index contributed by atoms with van der Waals surface area (Å²) < 4.78 is 79.5. The van der Waals surface area contributed by atoms with Gasteiger partial charge in [-0.05, 0) is 52.3 Å². The van der Waals surface area contributed by atoms with Gasteiger partial charge in [-0.3, -0.25) is 14.6 Å². The molecular weight excluding hydrogens is 529 g/mol. The van der Waals surface area contributed by atoms with Gasteiger partial charge in [-0.1, -0.05) is 0 Å². The first-order chi connectivity index (χ1) is 18.0. The number of hydrogen-bond acceptors (Lipinski definition) is 5. The van der Waals surface area contributed by atoms with Crippen molar-refractivity contribution in [3.8, 4) is 0 Å². The number of fused-ring (bicyclic) bond motifs is 1. The molecule has 214 valence electrons. The van der Waals surface area contributed by atoms with Crippen LogP contribution >= 0.6 is 0 Å². The third kappa shape index (κ3) is 5.31. The van der Waals surface area contributed by atoms with E-state index in [-0.39, 0.29) is 18.9 Å². The van der Waals surface area contributed by atoms with E-state index in [9.17, 15) is 36.6 Å². The van der Waals surface area contributed by atoms with Crippen LogP contribution in [0.4, 0.5) is 26.7 Å². The second-order valence-electron chi connectivity index (χ2n) is 10.7. The summed E-state index contributed by atoms with van der Waals surface area (Å²) in [6.45, 7) is 6.60. The molecule has 9 nitrogen and oxygen atoms in total. The second-order valence-corrected chi connectivity index (χ2v) is 10.7. The van der Waals surface area contributed by atoms with Crippen LogP contribution in [0.5, 0.6) is 0 Å². The Morgan fingerprint density at radius 3 is 2.41 bits per heavy atom. The molecule has 1 aromatic carbocycles. The Bertz CT molecular complexity index is 1270. The molecule has 4 rings (SSSR count). The number of carbonyl (C=O) groups excluding carboxylic acids is 1. The number of imidazole rings is 1. The van der Waals surface area contributed by atoms with Gasteiger partial charge in [0.25, 0.3) is 5.91 Å². The molecule has 0 aliphatic carbocycles. The molecule has 4 atom stereocenters. The zero-order valence-electron chi connectivity index (χ0n) is 21.8. The molecule has 0 saturated carbocycles. The van der Waals surface area contributed by atoms with Crippen molar-refractivity contribution in [1.29, 1.82) is 0 Å². The van der Waals surface area contributed by atoms with Crippen molar-refractivity contribution in [1.82, 2.24) is 19.4 Å². The van der Waals surface area contributed by atoms with Crippen molar-refractivity contribution in [2.24, 2.45) is 5.73 Å². The molecule has 0 radical (unpaired) electrons. The molecule has 3 heterocycles.